The largest absolute Gasteiger partial charge is 0.391 e. The van der Waals surface area contributed by atoms with E-state index in [2.05, 4.69) is 10.4 Å². The molecule has 0 aliphatic heterocycles. The maximum atomic E-state index is 11.6. The van der Waals surface area contributed by atoms with Gasteiger partial charge in [0.2, 0.25) is 5.91 Å². The fourth-order valence-corrected chi connectivity index (χ4v) is 1.75. The topological polar surface area (TPSA) is 67.2 Å². The molecule has 106 valence electrons. The fourth-order valence-electron chi connectivity index (χ4n) is 1.75. The molecule has 1 heterocycles. The number of aromatic nitrogens is 2. The van der Waals surface area contributed by atoms with Gasteiger partial charge in [-0.1, -0.05) is 13.8 Å². The standard InChI is InChI=1S/C14H23N3O2/c1-10(2)7-13(18)9-15-14(19)6-5-12-8-16-17(4)11(12)3/h5-6,8,10,13,18H,7,9H2,1-4H3,(H,15,19)/b6-5+. The van der Waals surface area contributed by atoms with Crippen LogP contribution in [0.4, 0.5) is 0 Å². The molecule has 1 amide bonds. The van der Waals surface area contributed by atoms with Gasteiger partial charge in [-0.15, -0.1) is 0 Å². The average molecular weight is 265 g/mol. The third-order valence-corrected chi connectivity index (χ3v) is 2.94. The van der Waals surface area contributed by atoms with E-state index in [0.29, 0.717) is 12.3 Å². The number of rotatable bonds is 6. The smallest absolute Gasteiger partial charge is 0.244 e. The van der Waals surface area contributed by atoms with Crippen LogP contribution in [0.5, 0.6) is 0 Å². The van der Waals surface area contributed by atoms with Crippen LogP contribution in [-0.4, -0.2) is 33.4 Å². The predicted molar refractivity (Wildman–Crippen MR) is 75.5 cm³/mol. The van der Waals surface area contributed by atoms with Crippen molar-refractivity contribution in [1.82, 2.24) is 15.1 Å². The molecular formula is C14H23N3O2. The molecule has 0 saturated heterocycles. The number of nitrogens with one attached hydrogen (secondary N) is 1. The third-order valence-electron chi connectivity index (χ3n) is 2.94. The van der Waals surface area contributed by atoms with Gasteiger partial charge >= 0.3 is 0 Å². The molecule has 5 heteroatoms. The van der Waals surface area contributed by atoms with E-state index in [1.165, 1.54) is 6.08 Å². The Morgan fingerprint density at radius 2 is 2.26 bits per heavy atom. The molecule has 0 fully saturated rings. The molecule has 0 aliphatic rings. The summed E-state index contributed by atoms with van der Waals surface area (Å²) in [6.07, 6.45) is 5.11. The summed E-state index contributed by atoms with van der Waals surface area (Å²) in [5.74, 6) is 0.214. The molecule has 0 spiro atoms. The van der Waals surface area contributed by atoms with E-state index in [-0.39, 0.29) is 12.5 Å². The number of hydrogen-bond acceptors (Lipinski definition) is 3. The first-order chi connectivity index (χ1) is 8.90. The van der Waals surface area contributed by atoms with Crippen molar-refractivity contribution in [3.05, 3.63) is 23.5 Å². The van der Waals surface area contributed by atoms with Crippen LogP contribution in [0.15, 0.2) is 12.3 Å². The summed E-state index contributed by atoms with van der Waals surface area (Å²) in [6, 6.07) is 0. The molecular weight excluding hydrogens is 242 g/mol. The third kappa shape index (κ3) is 5.26. The lowest BCUT2D eigenvalue weighted by Crippen LogP contribution is -2.31. The quantitative estimate of drug-likeness (QED) is 0.761. The second-order valence-corrected chi connectivity index (χ2v) is 5.17. The minimum atomic E-state index is -0.488. The van der Waals surface area contributed by atoms with Crippen LogP contribution in [0.3, 0.4) is 0 Å². The zero-order valence-electron chi connectivity index (χ0n) is 12.1. The van der Waals surface area contributed by atoms with Crippen LogP contribution in [-0.2, 0) is 11.8 Å². The van der Waals surface area contributed by atoms with Gasteiger partial charge < -0.3 is 10.4 Å². The van der Waals surface area contributed by atoms with Gasteiger partial charge in [-0.05, 0) is 25.3 Å². The summed E-state index contributed by atoms with van der Waals surface area (Å²) in [4.78, 5) is 11.6. The molecule has 1 unspecified atom stereocenters. The van der Waals surface area contributed by atoms with Crippen LogP contribution in [0.25, 0.3) is 6.08 Å². The van der Waals surface area contributed by atoms with E-state index in [9.17, 15) is 9.90 Å². The highest BCUT2D eigenvalue weighted by Crippen LogP contribution is 2.07. The summed E-state index contributed by atoms with van der Waals surface area (Å²) >= 11 is 0. The van der Waals surface area contributed by atoms with E-state index < -0.39 is 6.10 Å². The molecule has 0 aromatic carbocycles. The number of nitrogens with zero attached hydrogens (tertiary/aromatic N) is 2. The number of hydrogen-bond donors (Lipinski definition) is 2. The van der Waals surface area contributed by atoms with Gasteiger partial charge in [0.1, 0.15) is 0 Å². The highest BCUT2D eigenvalue weighted by atomic mass is 16.3. The Morgan fingerprint density at radius 3 is 2.79 bits per heavy atom. The summed E-state index contributed by atoms with van der Waals surface area (Å²) in [7, 11) is 1.86. The summed E-state index contributed by atoms with van der Waals surface area (Å²) in [5, 5.41) is 16.4. The van der Waals surface area contributed by atoms with Crippen molar-refractivity contribution in [2.45, 2.75) is 33.3 Å². The lowest BCUT2D eigenvalue weighted by molar-refractivity contribution is -0.116. The van der Waals surface area contributed by atoms with Crippen LogP contribution in [0, 0.1) is 12.8 Å². The maximum Gasteiger partial charge on any atom is 0.244 e. The van der Waals surface area contributed by atoms with Crippen molar-refractivity contribution in [1.29, 1.82) is 0 Å². The lowest BCUT2D eigenvalue weighted by atomic mass is 10.1. The molecule has 1 aromatic rings. The first kappa shape index (κ1) is 15.4. The zero-order valence-corrected chi connectivity index (χ0v) is 12.1. The van der Waals surface area contributed by atoms with Crippen molar-refractivity contribution in [3.8, 4) is 0 Å². The Labute approximate surface area is 114 Å². The number of aliphatic hydroxyl groups excluding tert-OH is 1. The highest BCUT2D eigenvalue weighted by molar-refractivity contribution is 5.91. The lowest BCUT2D eigenvalue weighted by Gasteiger charge is -2.12. The molecule has 0 aliphatic carbocycles. The number of carbonyl (C=O) groups is 1. The van der Waals surface area contributed by atoms with Gasteiger partial charge in [0.15, 0.2) is 0 Å². The summed E-state index contributed by atoms with van der Waals surface area (Å²) < 4.78 is 1.75. The van der Waals surface area contributed by atoms with Crippen molar-refractivity contribution >= 4 is 12.0 Å². The number of amides is 1. The van der Waals surface area contributed by atoms with Crippen molar-refractivity contribution < 1.29 is 9.90 Å². The van der Waals surface area contributed by atoms with Crippen molar-refractivity contribution in [3.63, 3.8) is 0 Å². The maximum absolute atomic E-state index is 11.6. The van der Waals surface area contributed by atoms with Crippen LogP contribution < -0.4 is 5.32 Å². The summed E-state index contributed by atoms with van der Waals surface area (Å²) in [5.41, 5.74) is 1.92. The highest BCUT2D eigenvalue weighted by Gasteiger charge is 2.07. The van der Waals surface area contributed by atoms with Gasteiger partial charge in [0.25, 0.3) is 0 Å². The van der Waals surface area contributed by atoms with Gasteiger partial charge in [-0.25, -0.2) is 0 Å². The minimum absolute atomic E-state index is 0.203. The molecule has 2 N–H and O–H groups in total. The monoisotopic (exact) mass is 265 g/mol. The van der Waals surface area contributed by atoms with Crippen molar-refractivity contribution in [2.24, 2.45) is 13.0 Å². The van der Waals surface area contributed by atoms with Crippen molar-refractivity contribution in [2.75, 3.05) is 6.54 Å². The molecule has 19 heavy (non-hydrogen) atoms. The van der Waals surface area contributed by atoms with E-state index >= 15 is 0 Å². The molecule has 0 bridgehead atoms. The summed E-state index contributed by atoms with van der Waals surface area (Å²) in [6.45, 7) is 6.30. The first-order valence-corrected chi connectivity index (χ1v) is 6.52. The van der Waals surface area contributed by atoms with Gasteiger partial charge in [-0.2, -0.15) is 5.10 Å². The Bertz CT molecular complexity index is 450. The Balaban J connectivity index is 2.41. The van der Waals surface area contributed by atoms with E-state index in [1.54, 1.807) is 17.0 Å². The van der Waals surface area contributed by atoms with Gasteiger partial charge in [0, 0.05) is 30.9 Å². The van der Waals surface area contributed by atoms with E-state index in [1.807, 2.05) is 27.8 Å². The Hall–Kier alpha value is -1.62. The number of aryl methyl sites for hydroxylation is 1. The van der Waals surface area contributed by atoms with E-state index in [0.717, 1.165) is 11.3 Å². The Kier molecular flexibility index (Phi) is 5.76. The minimum Gasteiger partial charge on any atom is -0.391 e. The van der Waals surface area contributed by atoms with Gasteiger partial charge in [0.05, 0.1) is 12.3 Å². The predicted octanol–water partition coefficient (Wildman–Crippen LogP) is 1.26. The van der Waals surface area contributed by atoms with Crippen LogP contribution in [0.1, 0.15) is 31.5 Å². The number of carbonyl (C=O) groups excluding carboxylic acids is 1. The molecule has 0 radical (unpaired) electrons. The van der Waals surface area contributed by atoms with Gasteiger partial charge in [-0.3, -0.25) is 9.48 Å². The molecule has 5 nitrogen and oxygen atoms in total. The first-order valence-electron chi connectivity index (χ1n) is 6.52. The average Bonchev–Trinajstić information content (AvgIpc) is 2.64. The second-order valence-electron chi connectivity index (χ2n) is 5.17. The molecule has 1 rings (SSSR count). The zero-order chi connectivity index (χ0) is 14.4. The second kappa shape index (κ2) is 7.09. The van der Waals surface area contributed by atoms with Crippen LogP contribution >= 0.6 is 0 Å². The Morgan fingerprint density at radius 1 is 1.58 bits per heavy atom. The van der Waals surface area contributed by atoms with E-state index in [4.69, 9.17) is 0 Å². The normalized spacial score (nSPS) is 13.2. The number of aliphatic hydroxyl groups is 1. The molecule has 1 aromatic heterocycles. The SMILES string of the molecule is Cc1c(/C=C/C(=O)NCC(O)CC(C)C)cnn1C. The van der Waals surface area contributed by atoms with Crippen LogP contribution in [0.2, 0.25) is 0 Å². The molecule has 0 saturated carbocycles. The molecule has 1 atom stereocenters. The fraction of sp³-hybridized carbons (Fsp3) is 0.571.